The van der Waals surface area contributed by atoms with E-state index < -0.39 is 5.97 Å². The van der Waals surface area contributed by atoms with Crippen LogP contribution in [0.5, 0.6) is 0 Å². The molecule has 1 N–H and O–H groups in total. The number of hydrogen-bond donors (Lipinski definition) is 1. The van der Waals surface area contributed by atoms with E-state index in [2.05, 4.69) is 29.6 Å². The van der Waals surface area contributed by atoms with Gasteiger partial charge in [0, 0.05) is 13.1 Å². The fourth-order valence-electron chi connectivity index (χ4n) is 3.36. The monoisotopic (exact) mass is 352 g/mol. The van der Waals surface area contributed by atoms with Crippen molar-refractivity contribution >= 4 is 17.7 Å². The Morgan fingerprint density at radius 3 is 2.38 bits per heavy atom. The molecule has 0 spiro atoms. The van der Waals surface area contributed by atoms with Crippen LogP contribution in [0.15, 0.2) is 54.6 Å². The summed E-state index contributed by atoms with van der Waals surface area (Å²) in [7, 11) is 1.33. The summed E-state index contributed by atoms with van der Waals surface area (Å²) >= 11 is 0. The maximum absolute atomic E-state index is 12.6. The molecule has 2 amide bonds. The summed E-state index contributed by atoms with van der Waals surface area (Å²) in [5, 5.41) is 2.85. The third-order valence-corrected chi connectivity index (χ3v) is 4.84. The van der Waals surface area contributed by atoms with Crippen molar-refractivity contribution in [1.82, 2.24) is 4.90 Å². The van der Waals surface area contributed by atoms with Gasteiger partial charge in [-0.3, -0.25) is 0 Å². The van der Waals surface area contributed by atoms with E-state index in [9.17, 15) is 9.59 Å². The van der Waals surface area contributed by atoms with Crippen molar-refractivity contribution in [1.29, 1.82) is 0 Å². The van der Waals surface area contributed by atoms with Crippen LogP contribution in [0, 0.1) is 5.92 Å². The lowest BCUT2D eigenvalue weighted by molar-refractivity contribution is 0.0602. The maximum atomic E-state index is 12.6. The van der Waals surface area contributed by atoms with E-state index in [0.29, 0.717) is 17.2 Å². The van der Waals surface area contributed by atoms with Gasteiger partial charge in [0.15, 0.2) is 0 Å². The van der Waals surface area contributed by atoms with Gasteiger partial charge >= 0.3 is 12.0 Å². The highest BCUT2D eigenvalue weighted by molar-refractivity contribution is 6.00. The molecule has 0 saturated carbocycles. The summed E-state index contributed by atoms with van der Waals surface area (Å²) in [6, 6.07) is 17.2. The highest BCUT2D eigenvalue weighted by Crippen LogP contribution is 2.23. The predicted molar refractivity (Wildman–Crippen MR) is 101 cm³/mol. The molecule has 26 heavy (non-hydrogen) atoms. The Labute approximate surface area is 154 Å². The predicted octanol–water partition coefficient (Wildman–Crippen LogP) is 3.96. The lowest BCUT2D eigenvalue weighted by atomic mass is 9.90. The van der Waals surface area contributed by atoms with E-state index in [1.165, 1.54) is 12.7 Å². The van der Waals surface area contributed by atoms with E-state index in [4.69, 9.17) is 4.74 Å². The highest BCUT2D eigenvalue weighted by atomic mass is 16.5. The molecule has 136 valence electrons. The number of urea groups is 1. The molecule has 2 aromatic rings. The normalized spacial score (nSPS) is 14.7. The Morgan fingerprint density at radius 1 is 1.04 bits per heavy atom. The molecule has 1 saturated heterocycles. The topological polar surface area (TPSA) is 58.6 Å². The fourth-order valence-corrected chi connectivity index (χ4v) is 3.36. The molecule has 1 fully saturated rings. The van der Waals surface area contributed by atoms with Gasteiger partial charge in [-0.1, -0.05) is 42.5 Å². The number of likely N-dealkylation sites (tertiary alicyclic amines) is 1. The van der Waals surface area contributed by atoms with Gasteiger partial charge in [0.1, 0.15) is 0 Å². The van der Waals surface area contributed by atoms with E-state index >= 15 is 0 Å². The lowest BCUT2D eigenvalue weighted by Crippen LogP contribution is -2.41. The molecule has 3 rings (SSSR count). The van der Waals surface area contributed by atoms with Gasteiger partial charge in [0.25, 0.3) is 0 Å². The second kappa shape index (κ2) is 8.52. The molecular formula is C21H24N2O3. The number of anilines is 1. The standard InChI is InChI=1S/C21H24N2O3/c1-26-20(24)18-9-5-6-10-19(18)22-21(25)23-13-11-17(12-14-23)15-16-7-3-2-4-8-16/h2-10,17H,11-15H2,1H3,(H,22,25). The van der Waals surface area contributed by atoms with Crippen LogP contribution < -0.4 is 5.32 Å². The third-order valence-electron chi connectivity index (χ3n) is 4.84. The molecule has 2 aromatic carbocycles. The molecule has 5 nitrogen and oxygen atoms in total. The average Bonchev–Trinajstić information content (AvgIpc) is 2.69. The number of esters is 1. The van der Waals surface area contributed by atoms with Gasteiger partial charge in [-0.15, -0.1) is 0 Å². The molecule has 0 unspecified atom stereocenters. The van der Waals surface area contributed by atoms with Crippen molar-refractivity contribution in [2.24, 2.45) is 5.92 Å². The fraction of sp³-hybridized carbons (Fsp3) is 0.333. The lowest BCUT2D eigenvalue weighted by Gasteiger charge is -2.32. The number of carbonyl (C=O) groups is 2. The summed E-state index contributed by atoms with van der Waals surface area (Å²) in [6.07, 6.45) is 3.03. The minimum atomic E-state index is -0.456. The smallest absolute Gasteiger partial charge is 0.339 e. The van der Waals surface area contributed by atoms with E-state index in [1.807, 2.05) is 11.0 Å². The number of piperidine rings is 1. The van der Waals surface area contributed by atoms with E-state index in [1.54, 1.807) is 24.3 Å². The van der Waals surface area contributed by atoms with Crippen molar-refractivity contribution < 1.29 is 14.3 Å². The van der Waals surface area contributed by atoms with Crippen molar-refractivity contribution in [2.75, 3.05) is 25.5 Å². The Hall–Kier alpha value is -2.82. The molecule has 1 aliphatic heterocycles. The van der Waals surface area contributed by atoms with Gasteiger partial charge in [-0.2, -0.15) is 0 Å². The zero-order valence-electron chi connectivity index (χ0n) is 15.0. The number of benzene rings is 2. The van der Waals surface area contributed by atoms with Gasteiger partial charge < -0.3 is 15.0 Å². The number of amides is 2. The number of nitrogens with one attached hydrogen (secondary N) is 1. The van der Waals surface area contributed by atoms with Crippen molar-refractivity contribution in [3.63, 3.8) is 0 Å². The number of nitrogens with zero attached hydrogens (tertiary/aromatic N) is 1. The summed E-state index contributed by atoms with van der Waals surface area (Å²) in [5.41, 5.74) is 2.19. The zero-order valence-corrected chi connectivity index (χ0v) is 15.0. The van der Waals surface area contributed by atoms with Gasteiger partial charge in [0.05, 0.1) is 18.4 Å². The number of rotatable bonds is 4. The Morgan fingerprint density at radius 2 is 1.69 bits per heavy atom. The van der Waals surface area contributed by atoms with E-state index in [0.717, 1.165) is 32.4 Å². The number of carbonyl (C=O) groups excluding carboxylic acids is 2. The highest BCUT2D eigenvalue weighted by Gasteiger charge is 2.24. The third kappa shape index (κ3) is 4.42. The van der Waals surface area contributed by atoms with Gasteiger partial charge in [0.2, 0.25) is 0 Å². The molecule has 1 heterocycles. The van der Waals surface area contributed by atoms with Crippen LogP contribution in [0.2, 0.25) is 0 Å². The van der Waals surface area contributed by atoms with Crippen molar-refractivity contribution in [3.8, 4) is 0 Å². The molecule has 1 aliphatic rings. The van der Waals surface area contributed by atoms with Crippen LogP contribution in [-0.2, 0) is 11.2 Å². The Kier molecular flexibility index (Phi) is 5.89. The summed E-state index contributed by atoms with van der Waals surface area (Å²) in [6.45, 7) is 1.45. The Balaban J connectivity index is 1.55. The van der Waals surface area contributed by atoms with Crippen LogP contribution in [0.25, 0.3) is 0 Å². The number of para-hydroxylation sites is 1. The van der Waals surface area contributed by atoms with E-state index in [-0.39, 0.29) is 6.03 Å². The SMILES string of the molecule is COC(=O)c1ccccc1NC(=O)N1CCC(Cc2ccccc2)CC1. The van der Waals surface area contributed by atoms with Crippen LogP contribution in [-0.4, -0.2) is 37.1 Å². The molecular weight excluding hydrogens is 328 g/mol. The molecule has 0 aromatic heterocycles. The van der Waals surface area contributed by atoms with Crippen LogP contribution in [0.1, 0.15) is 28.8 Å². The first kappa shape index (κ1) is 18.0. The quantitative estimate of drug-likeness (QED) is 0.848. The minimum absolute atomic E-state index is 0.167. The van der Waals surface area contributed by atoms with Crippen molar-refractivity contribution in [3.05, 3.63) is 65.7 Å². The summed E-state index contributed by atoms with van der Waals surface area (Å²) in [5.74, 6) is 0.145. The zero-order chi connectivity index (χ0) is 18.4. The first-order chi connectivity index (χ1) is 12.7. The van der Waals surface area contributed by atoms with Gasteiger partial charge in [-0.25, -0.2) is 9.59 Å². The molecule has 0 radical (unpaired) electrons. The minimum Gasteiger partial charge on any atom is -0.465 e. The molecule has 5 heteroatoms. The largest absolute Gasteiger partial charge is 0.465 e. The maximum Gasteiger partial charge on any atom is 0.339 e. The second-order valence-electron chi connectivity index (χ2n) is 6.59. The van der Waals surface area contributed by atoms with Crippen molar-refractivity contribution in [2.45, 2.75) is 19.3 Å². The first-order valence-corrected chi connectivity index (χ1v) is 8.94. The van der Waals surface area contributed by atoms with Gasteiger partial charge in [-0.05, 0) is 42.9 Å². The summed E-state index contributed by atoms with van der Waals surface area (Å²) < 4.78 is 4.77. The number of hydrogen-bond acceptors (Lipinski definition) is 3. The number of ether oxygens (including phenoxy) is 1. The second-order valence-corrected chi connectivity index (χ2v) is 6.59. The van der Waals surface area contributed by atoms with Crippen LogP contribution >= 0.6 is 0 Å². The Bertz CT molecular complexity index is 753. The van der Waals surface area contributed by atoms with Crippen LogP contribution in [0.4, 0.5) is 10.5 Å². The molecule has 0 aliphatic carbocycles. The molecule has 0 bridgehead atoms. The number of methoxy groups -OCH3 is 1. The summed E-state index contributed by atoms with van der Waals surface area (Å²) in [4.78, 5) is 26.2. The average molecular weight is 352 g/mol. The first-order valence-electron chi connectivity index (χ1n) is 8.94. The van der Waals surface area contributed by atoms with Crippen LogP contribution in [0.3, 0.4) is 0 Å². The molecule has 0 atom stereocenters.